The highest BCUT2D eigenvalue weighted by atomic mass is 16.4. The van der Waals surface area contributed by atoms with Gasteiger partial charge in [0.2, 0.25) is 0 Å². The van der Waals surface area contributed by atoms with E-state index in [2.05, 4.69) is 15.3 Å². The number of nitrogens with one attached hydrogen (secondary N) is 1. The first-order valence-corrected chi connectivity index (χ1v) is 7.96. The van der Waals surface area contributed by atoms with Crippen molar-refractivity contribution in [2.45, 2.75) is 12.2 Å². The summed E-state index contributed by atoms with van der Waals surface area (Å²) in [4.78, 5) is 12.7. The van der Waals surface area contributed by atoms with E-state index in [0.29, 0.717) is 11.4 Å². The third-order valence-corrected chi connectivity index (χ3v) is 3.78. The predicted octanol–water partition coefficient (Wildman–Crippen LogP) is 1.97. The Labute approximate surface area is 148 Å². The van der Waals surface area contributed by atoms with Crippen LogP contribution in [0.2, 0.25) is 0 Å². The summed E-state index contributed by atoms with van der Waals surface area (Å²) in [5.74, 6) is 0. The maximum atomic E-state index is 12.7. The van der Waals surface area contributed by atoms with Crippen molar-refractivity contribution in [3.63, 3.8) is 0 Å². The van der Waals surface area contributed by atoms with Crippen molar-refractivity contribution in [3.8, 4) is 5.69 Å². The van der Waals surface area contributed by atoms with E-state index in [1.807, 2.05) is 6.07 Å². The van der Waals surface area contributed by atoms with E-state index < -0.39 is 24.4 Å². The van der Waals surface area contributed by atoms with Crippen molar-refractivity contribution in [2.75, 3.05) is 6.61 Å². The number of hydrogen-bond donors (Lipinski definition) is 4. The van der Waals surface area contributed by atoms with Gasteiger partial charge in [-0.15, -0.1) is 5.11 Å². The molecular formula is C18H18N4O4. The van der Waals surface area contributed by atoms with E-state index in [1.165, 1.54) is 4.68 Å². The summed E-state index contributed by atoms with van der Waals surface area (Å²) >= 11 is 0. The Kier molecular flexibility index (Phi) is 5.37. The Morgan fingerprint density at radius 1 is 0.962 bits per heavy atom. The Morgan fingerprint density at radius 3 is 2.19 bits per heavy atom. The molecule has 0 aliphatic rings. The molecule has 0 amide bonds. The molecule has 0 saturated carbocycles. The molecule has 0 aliphatic heterocycles. The molecule has 0 bridgehead atoms. The monoisotopic (exact) mass is 354 g/mol. The fourth-order valence-electron chi connectivity index (χ4n) is 2.40. The lowest BCUT2D eigenvalue weighted by molar-refractivity contribution is -0.0171. The normalized spacial score (nSPS) is 13.8. The second-order valence-electron chi connectivity index (χ2n) is 5.58. The number of aliphatic hydroxyl groups excluding tert-OH is 3. The molecule has 0 spiro atoms. The standard InChI is InChI=1S/C18H18N4O4/c23-11-14(24)17(25)15-16(20-19-12-7-3-1-4-8-12)18(26)22(21-15)13-9-5-2-6-10-13/h1-10,14,17,21,23-25H,11H2/t14-,17-/m1/s1. The van der Waals surface area contributed by atoms with Crippen LogP contribution in [0.5, 0.6) is 0 Å². The van der Waals surface area contributed by atoms with Crippen LogP contribution in [0.15, 0.2) is 75.7 Å². The number of azo groups is 1. The summed E-state index contributed by atoms with van der Waals surface area (Å²) in [5.41, 5.74) is 0.362. The number of aliphatic hydroxyl groups is 3. The van der Waals surface area contributed by atoms with Gasteiger partial charge in [-0.05, 0) is 24.3 Å². The second-order valence-corrected chi connectivity index (χ2v) is 5.58. The zero-order chi connectivity index (χ0) is 18.5. The summed E-state index contributed by atoms with van der Waals surface area (Å²) in [6.45, 7) is -0.672. The van der Waals surface area contributed by atoms with Crippen molar-refractivity contribution in [3.05, 3.63) is 76.7 Å². The van der Waals surface area contributed by atoms with Gasteiger partial charge in [-0.25, -0.2) is 4.68 Å². The van der Waals surface area contributed by atoms with Crippen LogP contribution >= 0.6 is 0 Å². The molecule has 8 nitrogen and oxygen atoms in total. The highest BCUT2D eigenvalue weighted by molar-refractivity contribution is 5.46. The van der Waals surface area contributed by atoms with E-state index in [-0.39, 0.29) is 11.4 Å². The van der Waals surface area contributed by atoms with E-state index in [1.54, 1.807) is 54.6 Å². The quantitative estimate of drug-likeness (QED) is 0.505. The summed E-state index contributed by atoms with van der Waals surface area (Å²) < 4.78 is 1.20. The summed E-state index contributed by atoms with van der Waals surface area (Å²) in [7, 11) is 0. The zero-order valence-electron chi connectivity index (χ0n) is 13.7. The summed E-state index contributed by atoms with van der Waals surface area (Å²) in [6.07, 6.45) is -3.00. The number of H-pyrrole nitrogens is 1. The van der Waals surface area contributed by atoms with Crippen LogP contribution in [-0.2, 0) is 0 Å². The number of aromatic nitrogens is 2. The van der Waals surface area contributed by atoms with Gasteiger partial charge in [0.1, 0.15) is 12.2 Å². The third kappa shape index (κ3) is 3.62. The number of rotatable bonds is 6. The van der Waals surface area contributed by atoms with Crippen LogP contribution in [0, 0.1) is 0 Å². The van der Waals surface area contributed by atoms with Crippen molar-refractivity contribution >= 4 is 11.4 Å². The van der Waals surface area contributed by atoms with Crippen molar-refractivity contribution < 1.29 is 15.3 Å². The van der Waals surface area contributed by atoms with E-state index >= 15 is 0 Å². The largest absolute Gasteiger partial charge is 0.394 e. The average molecular weight is 354 g/mol. The fraction of sp³-hybridized carbons (Fsp3) is 0.167. The Bertz CT molecular complexity index is 935. The molecule has 0 unspecified atom stereocenters. The third-order valence-electron chi connectivity index (χ3n) is 3.78. The van der Waals surface area contributed by atoms with Crippen LogP contribution < -0.4 is 5.56 Å². The van der Waals surface area contributed by atoms with E-state index in [0.717, 1.165) is 0 Å². The van der Waals surface area contributed by atoms with Gasteiger partial charge in [0.15, 0.2) is 5.69 Å². The minimum absolute atomic E-state index is 0.0277. The summed E-state index contributed by atoms with van der Waals surface area (Å²) in [6, 6.07) is 17.5. The highest BCUT2D eigenvalue weighted by Crippen LogP contribution is 2.26. The minimum Gasteiger partial charge on any atom is -0.394 e. The van der Waals surface area contributed by atoms with E-state index in [9.17, 15) is 15.0 Å². The highest BCUT2D eigenvalue weighted by Gasteiger charge is 2.26. The number of hydrogen-bond acceptors (Lipinski definition) is 6. The zero-order valence-corrected chi connectivity index (χ0v) is 13.7. The van der Waals surface area contributed by atoms with Gasteiger partial charge in [0.05, 0.1) is 23.7 Å². The van der Waals surface area contributed by atoms with Gasteiger partial charge in [-0.2, -0.15) is 5.11 Å². The Morgan fingerprint density at radius 2 is 1.58 bits per heavy atom. The number of aromatic amines is 1. The lowest BCUT2D eigenvalue weighted by Crippen LogP contribution is -2.22. The molecule has 8 heteroatoms. The number of benzene rings is 2. The van der Waals surface area contributed by atoms with Gasteiger partial charge in [0, 0.05) is 0 Å². The van der Waals surface area contributed by atoms with Crippen molar-refractivity contribution in [1.82, 2.24) is 9.78 Å². The Hall–Kier alpha value is -3.07. The molecule has 3 aromatic rings. The summed E-state index contributed by atoms with van der Waals surface area (Å²) in [5, 5.41) is 39.8. The molecule has 2 aromatic carbocycles. The molecule has 0 radical (unpaired) electrons. The molecule has 26 heavy (non-hydrogen) atoms. The van der Waals surface area contributed by atoms with Crippen LogP contribution in [0.3, 0.4) is 0 Å². The van der Waals surface area contributed by atoms with Crippen LogP contribution in [0.4, 0.5) is 11.4 Å². The minimum atomic E-state index is -1.53. The molecule has 0 aliphatic carbocycles. The first kappa shape index (κ1) is 17.7. The number of para-hydroxylation sites is 1. The van der Waals surface area contributed by atoms with Gasteiger partial charge >= 0.3 is 0 Å². The van der Waals surface area contributed by atoms with Gasteiger partial charge in [-0.3, -0.25) is 9.89 Å². The molecule has 134 valence electrons. The number of nitrogens with zero attached hydrogens (tertiary/aromatic N) is 3. The molecule has 4 N–H and O–H groups in total. The maximum absolute atomic E-state index is 12.7. The first-order valence-electron chi connectivity index (χ1n) is 7.96. The molecule has 1 aromatic heterocycles. The molecule has 1 heterocycles. The lowest BCUT2D eigenvalue weighted by Gasteiger charge is -2.14. The molecule has 0 fully saturated rings. The lowest BCUT2D eigenvalue weighted by atomic mass is 10.1. The molecular weight excluding hydrogens is 336 g/mol. The molecule has 2 atom stereocenters. The van der Waals surface area contributed by atoms with Crippen LogP contribution in [0.1, 0.15) is 11.8 Å². The second kappa shape index (κ2) is 7.87. The van der Waals surface area contributed by atoms with Gasteiger partial charge in [-0.1, -0.05) is 36.4 Å². The van der Waals surface area contributed by atoms with Crippen molar-refractivity contribution in [1.29, 1.82) is 0 Å². The topological polar surface area (TPSA) is 123 Å². The van der Waals surface area contributed by atoms with Crippen LogP contribution in [0.25, 0.3) is 5.69 Å². The smallest absolute Gasteiger partial charge is 0.299 e. The first-order chi connectivity index (χ1) is 12.6. The predicted molar refractivity (Wildman–Crippen MR) is 95.1 cm³/mol. The van der Waals surface area contributed by atoms with Crippen molar-refractivity contribution in [2.24, 2.45) is 10.2 Å². The van der Waals surface area contributed by atoms with Crippen LogP contribution in [-0.4, -0.2) is 37.8 Å². The SMILES string of the molecule is O=c1c(N=Nc2ccccc2)c([C@H](O)[C@H](O)CO)[nH]n1-c1ccccc1. The molecule has 3 rings (SSSR count). The average Bonchev–Trinajstić information content (AvgIpc) is 3.03. The van der Waals surface area contributed by atoms with Gasteiger partial charge in [0.25, 0.3) is 5.56 Å². The van der Waals surface area contributed by atoms with Gasteiger partial charge < -0.3 is 15.3 Å². The molecule has 0 saturated heterocycles. The van der Waals surface area contributed by atoms with E-state index in [4.69, 9.17) is 5.11 Å². The maximum Gasteiger partial charge on any atom is 0.299 e. The Balaban J connectivity index is 2.10. The fourth-order valence-corrected chi connectivity index (χ4v) is 2.40.